The quantitative estimate of drug-likeness (QED) is 0.812. The number of para-hydroxylation sites is 1. The number of ketones is 1. The first-order chi connectivity index (χ1) is 8.42. The predicted octanol–water partition coefficient (Wildman–Crippen LogP) is 2.51. The molecule has 0 saturated carbocycles. The molecule has 0 heterocycles. The smallest absolute Gasteiger partial charge is 0.165 e. The lowest BCUT2D eigenvalue weighted by atomic mass is 10.0. The van der Waals surface area contributed by atoms with Crippen molar-refractivity contribution in [2.75, 3.05) is 6.61 Å². The van der Waals surface area contributed by atoms with Gasteiger partial charge in [0.25, 0.3) is 0 Å². The van der Waals surface area contributed by atoms with Gasteiger partial charge in [0.1, 0.15) is 18.0 Å². The molecule has 0 spiro atoms. The van der Waals surface area contributed by atoms with E-state index >= 15 is 0 Å². The fourth-order valence-corrected chi connectivity index (χ4v) is 1.12. The van der Waals surface area contributed by atoms with Crippen molar-refractivity contribution in [1.82, 2.24) is 0 Å². The number of ether oxygens (including phenoxy) is 1. The van der Waals surface area contributed by atoms with E-state index in [1.54, 1.807) is 0 Å². The van der Waals surface area contributed by atoms with Gasteiger partial charge in [-0.25, -0.2) is 0 Å². The first kappa shape index (κ1) is 14.2. The second-order valence-electron chi connectivity index (χ2n) is 4.37. The van der Waals surface area contributed by atoms with Gasteiger partial charge in [-0.1, -0.05) is 18.2 Å². The summed E-state index contributed by atoms with van der Waals surface area (Å²) in [5.41, 5.74) is 2.21. The summed E-state index contributed by atoms with van der Waals surface area (Å²) in [7, 11) is 0. The predicted molar refractivity (Wildman–Crippen MR) is 70.5 cm³/mol. The third-order valence-electron chi connectivity index (χ3n) is 2.51. The fraction of sp³-hybridized carbons (Fsp3) is 0.333. The van der Waals surface area contributed by atoms with E-state index in [1.807, 2.05) is 37.3 Å². The Morgan fingerprint density at radius 2 is 2.00 bits per heavy atom. The average Bonchev–Trinajstić information content (AvgIpc) is 2.35. The maximum absolute atomic E-state index is 11.1. The number of hydrogen-bond donors (Lipinski definition) is 1. The van der Waals surface area contributed by atoms with Gasteiger partial charge in [-0.2, -0.15) is 0 Å². The summed E-state index contributed by atoms with van der Waals surface area (Å²) >= 11 is 0. The Bertz CT molecular complexity index is 466. The van der Waals surface area contributed by atoms with Crippen LogP contribution in [0.1, 0.15) is 20.8 Å². The van der Waals surface area contributed by atoms with E-state index in [0.717, 1.165) is 11.3 Å². The van der Waals surface area contributed by atoms with Crippen molar-refractivity contribution in [2.45, 2.75) is 26.4 Å². The van der Waals surface area contributed by atoms with Crippen LogP contribution in [0.15, 0.2) is 47.7 Å². The van der Waals surface area contributed by atoms with Crippen molar-refractivity contribution in [2.24, 2.45) is 0 Å². The average molecular weight is 246 g/mol. The van der Waals surface area contributed by atoms with Gasteiger partial charge in [-0.15, -0.1) is 5.73 Å². The highest BCUT2D eigenvalue weighted by atomic mass is 16.5. The van der Waals surface area contributed by atoms with E-state index in [2.05, 4.69) is 5.73 Å². The summed E-state index contributed by atoms with van der Waals surface area (Å²) in [5.74, 6) is 0.462. The van der Waals surface area contributed by atoms with Crippen molar-refractivity contribution in [1.29, 1.82) is 0 Å². The van der Waals surface area contributed by atoms with E-state index in [4.69, 9.17) is 4.74 Å². The van der Waals surface area contributed by atoms with E-state index in [0.29, 0.717) is 6.61 Å². The normalized spacial score (nSPS) is 13.1. The molecule has 0 aliphatic heterocycles. The lowest BCUT2D eigenvalue weighted by Gasteiger charge is -2.12. The second kappa shape index (κ2) is 6.20. The molecule has 0 bridgehead atoms. The molecule has 1 aromatic rings. The van der Waals surface area contributed by atoms with Crippen molar-refractivity contribution in [3.8, 4) is 5.75 Å². The summed E-state index contributed by atoms with van der Waals surface area (Å²) in [6.07, 6.45) is 1.36. The van der Waals surface area contributed by atoms with Gasteiger partial charge in [-0.05, 0) is 39.0 Å². The van der Waals surface area contributed by atoms with Crippen LogP contribution >= 0.6 is 0 Å². The van der Waals surface area contributed by atoms with E-state index in [-0.39, 0.29) is 5.78 Å². The van der Waals surface area contributed by atoms with Crippen molar-refractivity contribution >= 4 is 5.78 Å². The van der Waals surface area contributed by atoms with Gasteiger partial charge in [0, 0.05) is 5.57 Å². The Morgan fingerprint density at radius 1 is 1.39 bits per heavy atom. The molecule has 0 aliphatic rings. The van der Waals surface area contributed by atoms with Gasteiger partial charge in [0.2, 0.25) is 0 Å². The van der Waals surface area contributed by atoms with Crippen molar-refractivity contribution in [3.63, 3.8) is 0 Å². The Labute approximate surface area is 107 Å². The molecular formula is C15H18O3. The first-order valence-electron chi connectivity index (χ1n) is 5.76. The largest absolute Gasteiger partial charge is 0.489 e. The summed E-state index contributed by atoms with van der Waals surface area (Å²) < 4.78 is 5.51. The lowest BCUT2D eigenvalue weighted by molar-refractivity contribution is -0.129. The van der Waals surface area contributed by atoms with Gasteiger partial charge in [0.05, 0.1) is 0 Å². The van der Waals surface area contributed by atoms with Gasteiger partial charge in [0.15, 0.2) is 5.78 Å². The van der Waals surface area contributed by atoms with Crippen LogP contribution in [0.25, 0.3) is 0 Å². The third kappa shape index (κ3) is 4.58. The molecule has 0 unspecified atom stereocenters. The molecule has 96 valence electrons. The van der Waals surface area contributed by atoms with Crippen LogP contribution in [0.3, 0.4) is 0 Å². The molecule has 3 heteroatoms. The van der Waals surface area contributed by atoms with Crippen LogP contribution in [0, 0.1) is 0 Å². The summed E-state index contributed by atoms with van der Waals surface area (Å²) in [4.78, 5) is 11.1. The van der Waals surface area contributed by atoms with Crippen LogP contribution < -0.4 is 4.74 Å². The van der Waals surface area contributed by atoms with Crippen LogP contribution in [0.5, 0.6) is 5.75 Å². The number of aliphatic hydroxyl groups is 1. The maximum Gasteiger partial charge on any atom is 0.165 e. The molecule has 18 heavy (non-hydrogen) atoms. The van der Waals surface area contributed by atoms with Gasteiger partial charge < -0.3 is 9.84 Å². The van der Waals surface area contributed by atoms with Gasteiger partial charge in [-0.3, -0.25) is 4.79 Å². The Balaban J connectivity index is 2.63. The van der Waals surface area contributed by atoms with E-state index < -0.39 is 5.60 Å². The molecule has 0 amide bonds. The highest BCUT2D eigenvalue weighted by molar-refractivity contribution is 5.86. The summed E-state index contributed by atoms with van der Waals surface area (Å²) in [6, 6.07) is 9.43. The SMILES string of the molecule is CC(=O)[C@](C)(O)C=C=C(C)COc1ccccc1. The molecule has 3 nitrogen and oxygen atoms in total. The Hall–Kier alpha value is -1.83. The number of carbonyl (C=O) groups is 1. The Kier molecular flexibility index (Phi) is 4.90. The highest BCUT2D eigenvalue weighted by Crippen LogP contribution is 2.10. The van der Waals surface area contributed by atoms with Crippen LogP contribution in [0.2, 0.25) is 0 Å². The van der Waals surface area contributed by atoms with Gasteiger partial charge >= 0.3 is 0 Å². The van der Waals surface area contributed by atoms with E-state index in [1.165, 1.54) is 19.9 Å². The molecule has 1 N–H and O–H groups in total. The molecule has 1 atom stereocenters. The number of hydrogen-bond acceptors (Lipinski definition) is 3. The molecule has 0 saturated heterocycles. The molecule has 1 rings (SSSR count). The first-order valence-corrected chi connectivity index (χ1v) is 5.76. The summed E-state index contributed by atoms with van der Waals surface area (Å²) in [6.45, 7) is 4.98. The number of carbonyl (C=O) groups excluding carboxylic acids is 1. The Morgan fingerprint density at radius 3 is 2.56 bits per heavy atom. The zero-order valence-corrected chi connectivity index (χ0v) is 10.9. The number of rotatable bonds is 5. The minimum atomic E-state index is -1.46. The van der Waals surface area contributed by atoms with E-state index in [9.17, 15) is 9.90 Å². The molecular weight excluding hydrogens is 228 g/mol. The van der Waals surface area contributed by atoms with Crippen LogP contribution in [-0.4, -0.2) is 23.1 Å². The molecule has 0 aromatic heterocycles. The standard InChI is InChI=1S/C15H18O3/c1-12(9-10-15(3,17)13(2)16)11-18-14-7-5-4-6-8-14/h4-8,10,17H,11H2,1-3H3/t9?,15-/m1/s1. The van der Waals surface area contributed by atoms with Crippen molar-refractivity contribution < 1.29 is 14.6 Å². The minimum Gasteiger partial charge on any atom is -0.489 e. The monoisotopic (exact) mass is 246 g/mol. The second-order valence-corrected chi connectivity index (χ2v) is 4.37. The summed E-state index contributed by atoms with van der Waals surface area (Å²) in [5, 5.41) is 9.70. The molecule has 0 radical (unpaired) electrons. The molecule has 1 aromatic carbocycles. The molecule has 0 fully saturated rings. The minimum absolute atomic E-state index is 0.313. The highest BCUT2D eigenvalue weighted by Gasteiger charge is 2.21. The number of benzene rings is 1. The van der Waals surface area contributed by atoms with Crippen LogP contribution in [-0.2, 0) is 4.79 Å². The fourth-order valence-electron chi connectivity index (χ4n) is 1.12. The maximum atomic E-state index is 11.1. The zero-order chi connectivity index (χ0) is 13.6. The third-order valence-corrected chi connectivity index (χ3v) is 2.51. The lowest BCUT2D eigenvalue weighted by Crippen LogP contribution is -2.29. The number of Topliss-reactive ketones (excluding diaryl/α,β-unsaturated/α-hetero) is 1. The van der Waals surface area contributed by atoms with Crippen LogP contribution in [0.4, 0.5) is 0 Å². The topological polar surface area (TPSA) is 46.5 Å². The van der Waals surface area contributed by atoms with Crippen molar-refractivity contribution in [3.05, 3.63) is 47.7 Å². The zero-order valence-electron chi connectivity index (χ0n) is 10.9. The molecule has 0 aliphatic carbocycles.